The standard InChI is InChI=1S/C28H39N5O4S/c1-20-27(21(2)33(29-20)19-26(34)32-18-15-22-9-7-8-12-25(22)32)38(36,37)31-16-13-23(14-17-31)28(35)30(3)24-10-5-4-6-11-24/h7-9,12,23-24H,4-6,10-11,13-19H2,1-3H3. The van der Waals surface area contributed by atoms with E-state index in [1.165, 1.54) is 28.2 Å². The number of hydrogen-bond acceptors (Lipinski definition) is 5. The van der Waals surface area contributed by atoms with Crippen molar-refractivity contribution in [3.8, 4) is 0 Å². The first-order valence-electron chi connectivity index (χ1n) is 13.9. The lowest BCUT2D eigenvalue weighted by Crippen LogP contribution is -2.46. The Labute approximate surface area is 225 Å². The molecule has 5 rings (SSSR count). The number of amides is 2. The maximum Gasteiger partial charge on any atom is 0.248 e. The minimum absolute atomic E-state index is 0.0133. The van der Waals surface area contributed by atoms with Crippen LogP contribution < -0.4 is 4.90 Å². The molecule has 2 aliphatic heterocycles. The average molecular weight is 542 g/mol. The maximum atomic E-state index is 13.7. The first-order chi connectivity index (χ1) is 18.2. The van der Waals surface area contributed by atoms with Crippen molar-refractivity contribution in [1.82, 2.24) is 19.0 Å². The number of sulfonamides is 1. The van der Waals surface area contributed by atoms with Crippen LogP contribution >= 0.6 is 0 Å². The van der Waals surface area contributed by atoms with Crippen LogP contribution in [0.4, 0.5) is 5.69 Å². The van der Waals surface area contributed by atoms with Crippen LogP contribution in [-0.4, -0.2) is 71.9 Å². The van der Waals surface area contributed by atoms with Crippen molar-refractivity contribution in [1.29, 1.82) is 0 Å². The van der Waals surface area contributed by atoms with Gasteiger partial charge in [0, 0.05) is 44.3 Å². The zero-order valence-corrected chi connectivity index (χ0v) is 23.5. The van der Waals surface area contributed by atoms with E-state index in [2.05, 4.69) is 5.10 Å². The minimum Gasteiger partial charge on any atom is -0.343 e. The third-order valence-electron chi connectivity index (χ3n) is 8.66. The molecule has 9 nitrogen and oxygen atoms in total. The Hall–Kier alpha value is -2.72. The van der Waals surface area contributed by atoms with E-state index in [1.54, 1.807) is 18.7 Å². The molecule has 1 aliphatic carbocycles. The van der Waals surface area contributed by atoms with E-state index in [0.717, 1.165) is 30.5 Å². The Bertz CT molecular complexity index is 1310. The van der Waals surface area contributed by atoms with Crippen LogP contribution in [0, 0.1) is 19.8 Å². The summed E-state index contributed by atoms with van der Waals surface area (Å²) in [6.45, 7) is 4.62. The summed E-state index contributed by atoms with van der Waals surface area (Å²) in [7, 11) is -1.89. The van der Waals surface area contributed by atoms with Gasteiger partial charge in [-0.15, -0.1) is 0 Å². The number of piperidine rings is 1. The number of nitrogens with zero attached hydrogens (tertiary/aromatic N) is 5. The second-order valence-corrected chi connectivity index (χ2v) is 12.9. The van der Waals surface area contributed by atoms with Crippen LogP contribution in [0.5, 0.6) is 0 Å². The molecule has 0 radical (unpaired) electrons. The Morgan fingerprint density at radius 1 is 1.00 bits per heavy atom. The molecular formula is C28H39N5O4S. The molecule has 0 bridgehead atoms. The number of para-hydroxylation sites is 1. The molecule has 1 saturated carbocycles. The summed E-state index contributed by atoms with van der Waals surface area (Å²) in [5.74, 6) is -0.0960. The fourth-order valence-electron chi connectivity index (χ4n) is 6.43. The lowest BCUT2D eigenvalue weighted by Gasteiger charge is -2.36. The van der Waals surface area contributed by atoms with Crippen molar-refractivity contribution < 1.29 is 18.0 Å². The van der Waals surface area contributed by atoms with Crippen LogP contribution in [0.25, 0.3) is 0 Å². The van der Waals surface area contributed by atoms with E-state index >= 15 is 0 Å². The van der Waals surface area contributed by atoms with Crippen LogP contribution in [0.2, 0.25) is 0 Å². The molecule has 1 aromatic heterocycles. The third kappa shape index (κ3) is 5.00. The van der Waals surface area contributed by atoms with E-state index in [9.17, 15) is 18.0 Å². The zero-order valence-electron chi connectivity index (χ0n) is 22.7. The maximum absolute atomic E-state index is 13.7. The normalized spacial score (nSPS) is 19.5. The second kappa shape index (κ2) is 10.8. The highest BCUT2D eigenvalue weighted by Gasteiger charge is 2.37. The molecule has 0 unspecified atom stereocenters. The van der Waals surface area contributed by atoms with Gasteiger partial charge in [-0.1, -0.05) is 37.5 Å². The largest absolute Gasteiger partial charge is 0.343 e. The Kier molecular flexibility index (Phi) is 7.64. The summed E-state index contributed by atoms with van der Waals surface area (Å²) in [6, 6.07) is 8.17. The monoisotopic (exact) mass is 541 g/mol. The number of hydrogen-bond donors (Lipinski definition) is 0. The SMILES string of the molecule is Cc1nn(CC(=O)N2CCc3ccccc32)c(C)c1S(=O)(=O)N1CCC(C(=O)N(C)C2CCCCC2)CC1. The predicted octanol–water partition coefficient (Wildman–Crippen LogP) is 3.28. The third-order valence-corrected chi connectivity index (χ3v) is 10.8. The van der Waals surface area contributed by atoms with E-state index < -0.39 is 10.0 Å². The number of aromatic nitrogens is 2. The molecule has 2 aromatic rings. The molecule has 0 N–H and O–H groups in total. The number of rotatable bonds is 6. The zero-order chi connectivity index (χ0) is 27.0. The molecule has 1 aromatic carbocycles. The van der Waals surface area contributed by atoms with E-state index in [0.29, 0.717) is 49.9 Å². The Morgan fingerprint density at radius 2 is 1.68 bits per heavy atom. The summed E-state index contributed by atoms with van der Waals surface area (Å²) < 4.78 is 30.4. The highest BCUT2D eigenvalue weighted by molar-refractivity contribution is 7.89. The van der Waals surface area contributed by atoms with Crippen molar-refractivity contribution in [2.75, 3.05) is 31.6 Å². The summed E-state index contributed by atoms with van der Waals surface area (Å²) >= 11 is 0. The second-order valence-electron chi connectivity index (χ2n) is 11.0. The van der Waals surface area contributed by atoms with Gasteiger partial charge in [0.25, 0.3) is 0 Å². The first-order valence-corrected chi connectivity index (χ1v) is 15.3. The molecule has 38 heavy (non-hydrogen) atoms. The van der Waals surface area contributed by atoms with Gasteiger partial charge in [-0.05, 0) is 57.6 Å². The molecule has 10 heteroatoms. The van der Waals surface area contributed by atoms with Gasteiger partial charge in [-0.3, -0.25) is 14.3 Å². The topological polar surface area (TPSA) is 95.8 Å². The molecule has 0 atom stereocenters. The van der Waals surface area contributed by atoms with Gasteiger partial charge < -0.3 is 9.80 Å². The Morgan fingerprint density at radius 3 is 2.39 bits per heavy atom. The van der Waals surface area contributed by atoms with Crippen LogP contribution in [0.3, 0.4) is 0 Å². The molecule has 1 saturated heterocycles. The fourth-order valence-corrected chi connectivity index (χ4v) is 8.27. The summed E-state index contributed by atoms with van der Waals surface area (Å²) in [4.78, 5) is 30.1. The summed E-state index contributed by atoms with van der Waals surface area (Å²) in [5, 5.41) is 4.46. The van der Waals surface area contributed by atoms with Crippen molar-refractivity contribution in [3.05, 3.63) is 41.2 Å². The van der Waals surface area contributed by atoms with E-state index in [1.807, 2.05) is 36.2 Å². The molecule has 2 fully saturated rings. The molecule has 0 spiro atoms. The van der Waals surface area contributed by atoms with Gasteiger partial charge >= 0.3 is 0 Å². The van der Waals surface area contributed by atoms with Gasteiger partial charge in [0.1, 0.15) is 11.4 Å². The Balaban J connectivity index is 1.25. The fraction of sp³-hybridized carbons (Fsp3) is 0.607. The molecule has 206 valence electrons. The van der Waals surface area contributed by atoms with E-state index in [-0.39, 0.29) is 29.2 Å². The summed E-state index contributed by atoms with van der Waals surface area (Å²) in [6.07, 6.45) is 7.56. The van der Waals surface area contributed by atoms with E-state index in [4.69, 9.17) is 0 Å². The molecular weight excluding hydrogens is 502 g/mol. The van der Waals surface area contributed by atoms with Gasteiger partial charge in [-0.25, -0.2) is 8.42 Å². The molecule has 3 heterocycles. The number of carbonyl (C=O) groups excluding carboxylic acids is 2. The smallest absolute Gasteiger partial charge is 0.248 e. The number of fused-ring (bicyclic) bond motifs is 1. The predicted molar refractivity (Wildman–Crippen MR) is 145 cm³/mol. The number of aryl methyl sites for hydroxylation is 1. The van der Waals surface area contributed by atoms with Crippen LogP contribution in [0.1, 0.15) is 61.9 Å². The van der Waals surface area contributed by atoms with Gasteiger partial charge in [0.2, 0.25) is 21.8 Å². The lowest BCUT2D eigenvalue weighted by atomic mass is 9.91. The highest BCUT2D eigenvalue weighted by Crippen LogP contribution is 2.31. The lowest BCUT2D eigenvalue weighted by molar-refractivity contribution is -0.138. The van der Waals surface area contributed by atoms with Crippen molar-refractivity contribution >= 4 is 27.5 Å². The number of carbonyl (C=O) groups is 2. The highest BCUT2D eigenvalue weighted by atomic mass is 32.2. The van der Waals surface area contributed by atoms with Crippen molar-refractivity contribution in [2.24, 2.45) is 5.92 Å². The van der Waals surface area contributed by atoms with Gasteiger partial charge in [0.05, 0.1) is 11.4 Å². The minimum atomic E-state index is -3.80. The van der Waals surface area contributed by atoms with Crippen molar-refractivity contribution in [2.45, 2.75) is 82.7 Å². The molecule has 2 amide bonds. The van der Waals surface area contributed by atoms with Crippen molar-refractivity contribution in [3.63, 3.8) is 0 Å². The van der Waals surface area contributed by atoms with Crippen LogP contribution in [-0.2, 0) is 32.6 Å². The first kappa shape index (κ1) is 26.9. The number of benzene rings is 1. The van der Waals surface area contributed by atoms with Gasteiger partial charge in [-0.2, -0.15) is 9.40 Å². The quantitative estimate of drug-likeness (QED) is 0.559. The van der Waals surface area contributed by atoms with Gasteiger partial charge in [0.15, 0.2) is 0 Å². The number of anilines is 1. The molecule has 3 aliphatic rings. The average Bonchev–Trinajstić information content (AvgIpc) is 3.48. The van der Waals surface area contributed by atoms with Crippen LogP contribution in [0.15, 0.2) is 29.2 Å². The summed E-state index contributed by atoms with van der Waals surface area (Å²) in [5.41, 5.74) is 2.92.